The van der Waals surface area contributed by atoms with Gasteiger partial charge in [0, 0.05) is 25.3 Å². The molecule has 0 aliphatic rings. The number of nitrogens with one attached hydrogen (secondary N) is 1. The Balaban J connectivity index is 2.89. The standard InChI is InChI=1S/C13H16Cl2N2O4/c1-2-8(3-4-18)7-16-13(19)10-5-9(17(20)21)6-11(14)12(10)15/h5-6,8,18H,2-4,7H2,1H3,(H,16,19). The first kappa shape index (κ1) is 17.7. The highest BCUT2D eigenvalue weighted by Gasteiger charge is 2.20. The van der Waals surface area contributed by atoms with E-state index in [2.05, 4.69) is 5.32 Å². The first-order chi connectivity index (χ1) is 9.90. The van der Waals surface area contributed by atoms with Gasteiger partial charge in [-0.3, -0.25) is 14.9 Å². The summed E-state index contributed by atoms with van der Waals surface area (Å²) in [7, 11) is 0. The van der Waals surface area contributed by atoms with Gasteiger partial charge in [-0.05, 0) is 12.3 Å². The third-order valence-electron chi connectivity index (χ3n) is 3.13. The van der Waals surface area contributed by atoms with Gasteiger partial charge in [0.15, 0.2) is 0 Å². The average molecular weight is 335 g/mol. The summed E-state index contributed by atoms with van der Waals surface area (Å²) in [4.78, 5) is 22.2. The topological polar surface area (TPSA) is 92.5 Å². The van der Waals surface area contributed by atoms with Gasteiger partial charge < -0.3 is 10.4 Å². The maximum Gasteiger partial charge on any atom is 0.271 e. The Morgan fingerprint density at radius 1 is 1.48 bits per heavy atom. The van der Waals surface area contributed by atoms with Crippen LogP contribution in [0.4, 0.5) is 5.69 Å². The molecule has 2 N–H and O–H groups in total. The molecule has 1 atom stereocenters. The molecule has 1 rings (SSSR count). The van der Waals surface area contributed by atoms with Crippen LogP contribution in [0.3, 0.4) is 0 Å². The monoisotopic (exact) mass is 334 g/mol. The molecule has 0 aliphatic carbocycles. The van der Waals surface area contributed by atoms with Gasteiger partial charge in [-0.15, -0.1) is 0 Å². The van der Waals surface area contributed by atoms with Crippen molar-refractivity contribution in [2.75, 3.05) is 13.2 Å². The second kappa shape index (κ2) is 8.17. The van der Waals surface area contributed by atoms with Crippen LogP contribution in [0.2, 0.25) is 10.0 Å². The van der Waals surface area contributed by atoms with Crippen LogP contribution in [0.15, 0.2) is 12.1 Å². The fourth-order valence-electron chi connectivity index (χ4n) is 1.81. The molecule has 8 heteroatoms. The SMILES string of the molecule is CCC(CCO)CNC(=O)c1cc([N+](=O)[O-])cc(Cl)c1Cl. The van der Waals surface area contributed by atoms with Crippen molar-refractivity contribution in [1.29, 1.82) is 0 Å². The van der Waals surface area contributed by atoms with Crippen LogP contribution in [0.5, 0.6) is 0 Å². The Bertz CT molecular complexity index is 537. The zero-order chi connectivity index (χ0) is 16.0. The molecule has 0 radical (unpaired) electrons. The van der Waals surface area contributed by atoms with E-state index < -0.39 is 10.8 Å². The van der Waals surface area contributed by atoms with Gasteiger partial charge in [0.1, 0.15) is 0 Å². The van der Waals surface area contributed by atoms with E-state index in [0.29, 0.717) is 13.0 Å². The van der Waals surface area contributed by atoms with Crippen molar-refractivity contribution in [3.63, 3.8) is 0 Å². The predicted octanol–water partition coefficient (Wildman–Crippen LogP) is 3.04. The number of aliphatic hydroxyl groups excluding tert-OH is 1. The van der Waals surface area contributed by atoms with Crippen molar-refractivity contribution in [2.24, 2.45) is 5.92 Å². The molecule has 6 nitrogen and oxygen atoms in total. The predicted molar refractivity (Wildman–Crippen MR) is 80.9 cm³/mol. The van der Waals surface area contributed by atoms with Crippen LogP contribution in [0.1, 0.15) is 30.1 Å². The van der Waals surface area contributed by atoms with Crippen LogP contribution in [-0.4, -0.2) is 29.1 Å². The molecular weight excluding hydrogens is 319 g/mol. The van der Waals surface area contributed by atoms with Crippen LogP contribution in [0.25, 0.3) is 0 Å². The molecule has 21 heavy (non-hydrogen) atoms. The summed E-state index contributed by atoms with van der Waals surface area (Å²) in [5.74, 6) is -0.395. The van der Waals surface area contributed by atoms with Gasteiger partial charge >= 0.3 is 0 Å². The summed E-state index contributed by atoms with van der Waals surface area (Å²) in [6.45, 7) is 2.34. The molecule has 0 fully saturated rings. The lowest BCUT2D eigenvalue weighted by Gasteiger charge is -2.14. The second-order valence-electron chi connectivity index (χ2n) is 4.54. The number of amides is 1. The highest BCUT2D eigenvalue weighted by Crippen LogP contribution is 2.30. The van der Waals surface area contributed by atoms with Gasteiger partial charge in [-0.2, -0.15) is 0 Å². The minimum absolute atomic E-state index is 0.0185. The molecule has 116 valence electrons. The number of nitro benzene ring substituents is 1. The van der Waals surface area contributed by atoms with E-state index in [9.17, 15) is 14.9 Å². The lowest BCUT2D eigenvalue weighted by Crippen LogP contribution is -2.29. The van der Waals surface area contributed by atoms with Gasteiger partial charge in [-0.25, -0.2) is 0 Å². The number of halogens is 2. The van der Waals surface area contributed by atoms with E-state index in [1.807, 2.05) is 6.92 Å². The number of hydrogen-bond acceptors (Lipinski definition) is 4. The van der Waals surface area contributed by atoms with E-state index in [-0.39, 0.29) is 33.8 Å². The molecule has 0 saturated carbocycles. The van der Waals surface area contributed by atoms with E-state index in [1.54, 1.807) is 0 Å². The number of hydrogen-bond donors (Lipinski definition) is 2. The molecule has 1 amide bonds. The van der Waals surface area contributed by atoms with Gasteiger partial charge in [0.2, 0.25) is 0 Å². The lowest BCUT2D eigenvalue weighted by atomic mass is 10.0. The van der Waals surface area contributed by atoms with Gasteiger partial charge in [0.25, 0.3) is 11.6 Å². The minimum Gasteiger partial charge on any atom is -0.396 e. The summed E-state index contributed by atoms with van der Waals surface area (Å²) in [5, 5.41) is 22.3. The van der Waals surface area contributed by atoms with Crippen LogP contribution in [0, 0.1) is 16.0 Å². The zero-order valence-corrected chi connectivity index (χ0v) is 12.9. The van der Waals surface area contributed by atoms with Gasteiger partial charge in [0.05, 0.1) is 20.5 Å². The Kier molecular flexibility index (Phi) is 6.87. The Morgan fingerprint density at radius 3 is 2.67 bits per heavy atom. The summed E-state index contributed by atoms with van der Waals surface area (Å²) >= 11 is 11.7. The summed E-state index contributed by atoms with van der Waals surface area (Å²) < 4.78 is 0. The number of carbonyl (C=O) groups is 1. The van der Waals surface area contributed by atoms with E-state index >= 15 is 0 Å². The molecular formula is C13H16Cl2N2O4. The minimum atomic E-state index is -0.639. The summed E-state index contributed by atoms with van der Waals surface area (Å²) in [6, 6.07) is 2.19. The van der Waals surface area contributed by atoms with Crippen molar-refractivity contribution in [3.05, 3.63) is 37.9 Å². The molecule has 1 unspecified atom stereocenters. The highest BCUT2D eigenvalue weighted by atomic mass is 35.5. The molecule has 1 aromatic rings. The van der Waals surface area contributed by atoms with Crippen molar-refractivity contribution in [3.8, 4) is 0 Å². The lowest BCUT2D eigenvalue weighted by molar-refractivity contribution is -0.384. The number of aliphatic hydroxyl groups is 1. The number of nitrogens with zero attached hydrogens (tertiary/aromatic N) is 1. The van der Waals surface area contributed by atoms with Gasteiger partial charge in [-0.1, -0.05) is 36.5 Å². The van der Waals surface area contributed by atoms with Crippen molar-refractivity contribution >= 4 is 34.8 Å². The Labute approximate surface area is 132 Å². The number of benzene rings is 1. The molecule has 0 spiro atoms. The number of nitro groups is 1. The van der Waals surface area contributed by atoms with Crippen molar-refractivity contribution in [1.82, 2.24) is 5.32 Å². The molecule has 0 saturated heterocycles. The van der Waals surface area contributed by atoms with Crippen molar-refractivity contribution in [2.45, 2.75) is 19.8 Å². The normalized spacial score (nSPS) is 12.0. The van der Waals surface area contributed by atoms with Crippen LogP contribution < -0.4 is 5.32 Å². The Morgan fingerprint density at radius 2 is 2.14 bits per heavy atom. The maximum absolute atomic E-state index is 12.1. The molecule has 0 aliphatic heterocycles. The third kappa shape index (κ3) is 4.84. The highest BCUT2D eigenvalue weighted by molar-refractivity contribution is 6.44. The van der Waals surface area contributed by atoms with Crippen LogP contribution in [-0.2, 0) is 0 Å². The molecule has 0 bridgehead atoms. The quantitative estimate of drug-likeness (QED) is 0.592. The fraction of sp³-hybridized carbons (Fsp3) is 0.462. The van der Waals surface area contributed by atoms with Crippen LogP contribution >= 0.6 is 23.2 Å². The first-order valence-electron chi connectivity index (χ1n) is 6.43. The van der Waals surface area contributed by atoms with E-state index in [0.717, 1.165) is 18.6 Å². The molecule has 0 heterocycles. The average Bonchev–Trinajstić information content (AvgIpc) is 2.45. The number of non-ortho nitro benzene ring substituents is 1. The summed E-state index contributed by atoms with van der Waals surface area (Å²) in [5.41, 5.74) is -0.327. The van der Waals surface area contributed by atoms with E-state index in [1.165, 1.54) is 0 Å². The molecule has 1 aromatic carbocycles. The third-order valence-corrected chi connectivity index (χ3v) is 3.94. The zero-order valence-electron chi connectivity index (χ0n) is 11.4. The van der Waals surface area contributed by atoms with E-state index in [4.69, 9.17) is 28.3 Å². The maximum atomic E-state index is 12.1. The molecule has 0 aromatic heterocycles. The first-order valence-corrected chi connectivity index (χ1v) is 7.18. The smallest absolute Gasteiger partial charge is 0.271 e. The summed E-state index contributed by atoms with van der Waals surface area (Å²) in [6.07, 6.45) is 1.37. The largest absolute Gasteiger partial charge is 0.396 e. The number of rotatable bonds is 7. The van der Waals surface area contributed by atoms with Crippen molar-refractivity contribution < 1.29 is 14.8 Å². The fourth-order valence-corrected chi connectivity index (χ4v) is 2.22. The second-order valence-corrected chi connectivity index (χ2v) is 5.33. The number of carbonyl (C=O) groups excluding carboxylic acids is 1. The Hall–Kier alpha value is -1.37.